The van der Waals surface area contributed by atoms with Crippen LogP contribution in [0.2, 0.25) is 0 Å². The third kappa shape index (κ3) is 4.45. The number of hydrogen-bond donors (Lipinski definition) is 3. The van der Waals surface area contributed by atoms with Gasteiger partial charge < -0.3 is 16.0 Å². The van der Waals surface area contributed by atoms with E-state index in [1.807, 2.05) is 6.07 Å². The molecule has 2 aromatic carbocycles. The minimum absolute atomic E-state index is 0.427. The van der Waals surface area contributed by atoms with Gasteiger partial charge in [-0.3, -0.25) is 9.59 Å². The maximum atomic E-state index is 13.9. The Morgan fingerprint density at radius 2 is 1.59 bits per heavy atom. The zero-order valence-electron chi connectivity index (χ0n) is 17.6. The van der Waals surface area contributed by atoms with Crippen LogP contribution in [0.1, 0.15) is 18.1 Å². The van der Waals surface area contributed by atoms with E-state index in [4.69, 9.17) is 0 Å². The van der Waals surface area contributed by atoms with Gasteiger partial charge in [-0.25, -0.2) is 4.99 Å². The average Bonchev–Trinajstić information content (AvgIpc) is 2.97. The fourth-order valence-electron chi connectivity index (χ4n) is 3.34. The van der Waals surface area contributed by atoms with Crippen LogP contribution < -0.4 is 16.0 Å². The molecule has 0 saturated heterocycles. The molecule has 3 aromatic rings. The van der Waals surface area contributed by atoms with Crippen molar-refractivity contribution in [1.29, 1.82) is 0 Å². The number of benzene rings is 2. The molecule has 0 aliphatic carbocycles. The SMILES string of the molecule is C[C@@H](Nc1c(F)c(F)nc(F)c1F)C(=O)NC1N=C(c2ccccc2)c2ccccc2NC1=O. The zero-order valence-corrected chi connectivity index (χ0v) is 17.6. The lowest BCUT2D eigenvalue weighted by Crippen LogP contribution is -2.47. The molecule has 1 aromatic heterocycles. The first-order valence-corrected chi connectivity index (χ1v) is 10.1. The van der Waals surface area contributed by atoms with Crippen molar-refractivity contribution in [2.75, 3.05) is 10.6 Å². The minimum Gasteiger partial charge on any atom is -0.369 e. The Bertz CT molecular complexity index is 1270. The number of hydrogen-bond acceptors (Lipinski definition) is 5. The van der Waals surface area contributed by atoms with Gasteiger partial charge in [0, 0.05) is 11.1 Å². The van der Waals surface area contributed by atoms with Crippen molar-refractivity contribution in [3.63, 3.8) is 0 Å². The maximum absolute atomic E-state index is 13.9. The van der Waals surface area contributed by atoms with Crippen molar-refractivity contribution in [3.8, 4) is 0 Å². The number of fused-ring (bicyclic) bond motifs is 1. The molecule has 1 aliphatic rings. The summed E-state index contributed by atoms with van der Waals surface area (Å²) in [5.41, 5.74) is 1.01. The number of anilines is 2. The number of aliphatic imine (C=N–C) groups is 1. The van der Waals surface area contributed by atoms with E-state index in [0.717, 1.165) is 0 Å². The summed E-state index contributed by atoms with van der Waals surface area (Å²) in [6, 6.07) is 14.5. The highest BCUT2D eigenvalue weighted by molar-refractivity contribution is 6.19. The smallest absolute Gasteiger partial charge is 0.269 e. The van der Waals surface area contributed by atoms with E-state index >= 15 is 0 Å². The lowest BCUT2D eigenvalue weighted by molar-refractivity contribution is -0.126. The molecule has 7 nitrogen and oxygen atoms in total. The fourth-order valence-corrected chi connectivity index (χ4v) is 3.34. The Hall–Kier alpha value is -4.28. The molecule has 0 fully saturated rings. The Kier molecular flexibility index (Phi) is 6.26. The third-order valence-electron chi connectivity index (χ3n) is 5.02. The van der Waals surface area contributed by atoms with Gasteiger partial charge in [0.25, 0.3) is 17.8 Å². The first kappa shape index (κ1) is 22.9. The Labute approximate surface area is 190 Å². The zero-order chi connectivity index (χ0) is 24.4. The summed E-state index contributed by atoms with van der Waals surface area (Å²) in [6.45, 7) is 1.19. The van der Waals surface area contributed by atoms with Crippen LogP contribution >= 0.6 is 0 Å². The van der Waals surface area contributed by atoms with Crippen molar-refractivity contribution in [1.82, 2.24) is 10.3 Å². The topological polar surface area (TPSA) is 95.5 Å². The van der Waals surface area contributed by atoms with Crippen LogP contribution in [-0.2, 0) is 9.59 Å². The highest BCUT2D eigenvalue weighted by Gasteiger charge is 2.29. The predicted octanol–water partition coefficient (Wildman–Crippen LogP) is 3.37. The van der Waals surface area contributed by atoms with E-state index in [1.165, 1.54) is 6.92 Å². The van der Waals surface area contributed by atoms with Gasteiger partial charge >= 0.3 is 0 Å². The molecular weight excluding hydrogens is 454 g/mol. The number of halogens is 4. The van der Waals surface area contributed by atoms with E-state index in [2.05, 4.69) is 25.9 Å². The summed E-state index contributed by atoms with van der Waals surface area (Å²) >= 11 is 0. The monoisotopic (exact) mass is 471 g/mol. The predicted molar refractivity (Wildman–Crippen MR) is 116 cm³/mol. The quantitative estimate of drug-likeness (QED) is 0.393. The van der Waals surface area contributed by atoms with E-state index in [0.29, 0.717) is 22.5 Å². The molecule has 2 amide bonds. The Morgan fingerprint density at radius 3 is 2.26 bits per heavy atom. The number of carbonyl (C=O) groups is 2. The number of pyridine rings is 1. The second kappa shape index (κ2) is 9.30. The van der Waals surface area contributed by atoms with E-state index in [-0.39, 0.29) is 0 Å². The van der Waals surface area contributed by atoms with Gasteiger partial charge in [-0.2, -0.15) is 22.5 Å². The summed E-state index contributed by atoms with van der Waals surface area (Å²) < 4.78 is 54.6. The van der Waals surface area contributed by atoms with Crippen LogP contribution in [0.3, 0.4) is 0 Å². The molecule has 0 radical (unpaired) electrons. The second-order valence-electron chi connectivity index (χ2n) is 7.35. The van der Waals surface area contributed by atoms with Gasteiger partial charge in [0.1, 0.15) is 11.7 Å². The molecule has 4 rings (SSSR count). The van der Waals surface area contributed by atoms with Crippen molar-refractivity contribution in [2.24, 2.45) is 4.99 Å². The number of nitrogens with zero attached hydrogens (tertiary/aromatic N) is 2. The van der Waals surface area contributed by atoms with Crippen LogP contribution in [0.15, 0.2) is 59.6 Å². The Balaban J connectivity index is 1.62. The standard InChI is InChI=1S/C23H17F4N5O2/c1-11(28-18-15(24)19(26)31-20(27)16(18)25)22(33)32-21-23(34)29-14-10-6-5-9-13(14)17(30-21)12-7-3-2-4-8-12/h2-11,21H,1H3,(H,28,31)(H,29,34)(H,32,33)/t11-,21?/m1/s1. The number of benzodiazepines with no additional fused rings is 1. The minimum atomic E-state index is -1.87. The van der Waals surface area contributed by atoms with Crippen LogP contribution in [0.4, 0.5) is 28.9 Å². The lowest BCUT2D eigenvalue weighted by Gasteiger charge is -2.19. The summed E-state index contributed by atoms with van der Waals surface area (Å²) in [7, 11) is 0. The largest absolute Gasteiger partial charge is 0.369 e. The number of rotatable bonds is 5. The molecular formula is C23H17F4N5O2. The lowest BCUT2D eigenvalue weighted by atomic mass is 10.0. The third-order valence-corrected chi connectivity index (χ3v) is 5.02. The summed E-state index contributed by atoms with van der Waals surface area (Å²) in [4.78, 5) is 32.4. The van der Waals surface area contributed by atoms with Crippen molar-refractivity contribution < 1.29 is 27.2 Å². The van der Waals surface area contributed by atoms with Gasteiger partial charge in [-0.05, 0) is 13.0 Å². The molecule has 1 aliphatic heterocycles. The van der Waals surface area contributed by atoms with Crippen molar-refractivity contribution in [2.45, 2.75) is 19.1 Å². The summed E-state index contributed by atoms with van der Waals surface area (Å²) in [6.07, 6.45) is -1.40. The highest BCUT2D eigenvalue weighted by Crippen LogP contribution is 2.25. The van der Waals surface area contributed by atoms with Crippen molar-refractivity contribution in [3.05, 3.63) is 89.3 Å². The van der Waals surface area contributed by atoms with Gasteiger partial charge in [0.15, 0.2) is 0 Å². The number of amides is 2. The first-order valence-electron chi connectivity index (χ1n) is 10.1. The highest BCUT2D eigenvalue weighted by atomic mass is 19.2. The van der Waals surface area contributed by atoms with E-state index in [9.17, 15) is 27.2 Å². The second-order valence-corrected chi connectivity index (χ2v) is 7.35. The molecule has 2 atom stereocenters. The molecule has 0 bridgehead atoms. The first-order chi connectivity index (χ1) is 16.3. The molecule has 34 heavy (non-hydrogen) atoms. The molecule has 2 heterocycles. The summed E-state index contributed by atoms with van der Waals surface area (Å²) in [5, 5.41) is 7.14. The number of para-hydroxylation sites is 1. The van der Waals surface area contributed by atoms with Gasteiger partial charge in [-0.1, -0.05) is 48.5 Å². The normalized spacial score (nSPS) is 16.0. The number of nitrogens with one attached hydrogen (secondary N) is 3. The van der Waals surface area contributed by atoms with Crippen LogP contribution in [-0.4, -0.2) is 34.7 Å². The van der Waals surface area contributed by atoms with Crippen LogP contribution in [0.25, 0.3) is 0 Å². The summed E-state index contributed by atoms with van der Waals surface area (Å²) in [5.74, 6) is -8.87. The molecule has 3 N–H and O–H groups in total. The van der Waals surface area contributed by atoms with Crippen molar-refractivity contribution >= 4 is 28.9 Å². The van der Waals surface area contributed by atoms with E-state index < -0.39 is 53.2 Å². The van der Waals surface area contributed by atoms with Gasteiger partial charge in [0.05, 0.1) is 11.4 Å². The molecule has 0 spiro atoms. The van der Waals surface area contributed by atoms with Crippen LogP contribution in [0, 0.1) is 23.5 Å². The fraction of sp³-hybridized carbons (Fsp3) is 0.130. The maximum Gasteiger partial charge on any atom is 0.269 e. The number of carbonyl (C=O) groups excluding carboxylic acids is 2. The Morgan fingerprint density at radius 1 is 0.971 bits per heavy atom. The van der Waals surface area contributed by atoms with E-state index in [1.54, 1.807) is 48.5 Å². The van der Waals surface area contributed by atoms with Crippen LogP contribution in [0.5, 0.6) is 0 Å². The molecule has 0 saturated carbocycles. The number of aromatic nitrogens is 1. The van der Waals surface area contributed by atoms with Gasteiger partial charge in [0.2, 0.25) is 23.7 Å². The molecule has 174 valence electrons. The molecule has 1 unspecified atom stereocenters. The average molecular weight is 471 g/mol. The molecule has 11 heteroatoms. The van der Waals surface area contributed by atoms with Gasteiger partial charge in [-0.15, -0.1) is 0 Å².